The fourth-order valence-electron chi connectivity index (χ4n) is 1.38. The van der Waals surface area contributed by atoms with Crippen LogP contribution in [0.15, 0.2) is 36.7 Å². The van der Waals surface area contributed by atoms with Crippen LogP contribution in [-0.2, 0) is 0 Å². The van der Waals surface area contributed by atoms with Gasteiger partial charge in [0.25, 0.3) is 0 Å². The zero-order valence-electron chi connectivity index (χ0n) is 8.76. The summed E-state index contributed by atoms with van der Waals surface area (Å²) in [6.07, 6.45) is 2.09. The summed E-state index contributed by atoms with van der Waals surface area (Å²) in [5.41, 5.74) is 0.999. The lowest BCUT2D eigenvalue weighted by Gasteiger charge is -2.09. The second kappa shape index (κ2) is 4.37. The van der Waals surface area contributed by atoms with Crippen LogP contribution >= 0.6 is 0 Å². The topological polar surface area (TPSA) is 46.0 Å². The van der Waals surface area contributed by atoms with Gasteiger partial charge in [-0.25, -0.2) is 14.4 Å². The minimum absolute atomic E-state index is 0.269. The lowest BCUT2D eigenvalue weighted by Crippen LogP contribution is -2.05. The summed E-state index contributed by atoms with van der Waals surface area (Å²) in [5.74, 6) is -0.0711. The molecule has 0 fully saturated rings. The molecule has 0 saturated carbocycles. The van der Waals surface area contributed by atoms with Gasteiger partial charge < -0.3 is 5.11 Å². The van der Waals surface area contributed by atoms with E-state index in [2.05, 4.69) is 9.97 Å². The van der Waals surface area contributed by atoms with Crippen LogP contribution in [0.5, 0.6) is 0 Å². The predicted molar refractivity (Wildman–Crippen MR) is 57.2 cm³/mol. The van der Waals surface area contributed by atoms with Gasteiger partial charge in [-0.1, -0.05) is 12.1 Å². The molecule has 0 radical (unpaired) electrons. The van der Waals surface area contributed by atoms with Crippen LogP contribution in [0.4, 0.5) is 4.39 Å². The van der Waals surface area contributed by atoms with Gasteiger partial charge in [0.2, 0.25) is 0 Å². The summed E-state index contributed by atoms with van der Waals surface area (Å²) < 4.78 is 13.3. The minimum Gasteiger partial charge on any atom is -0.380 e. The lowest BCUT2D eigenvalue weighted by atomic mass is 10.1. The van der Waals surface area contributed by atoms with E-state index in [1.165, 1.54) is 18.5 Å². The number of nitrogens with zero attached hydrogens (tertiary/aromatic N) is 2. The van der Waals surface area contributed by atoms with E-state index in [0.717, 1.165) is 0 Å². The maximum atomic E-state index is 13.3. The van der Waals surface area contributed by atoms with Gasteiger partial charge in [0.1, 0.15) is 11.9 Å². The maximum Gasteiger partial charge on any atom is 0.161 e. The molecule has 1 unspecified atom stereocenters. The summed E-state index contributed by atoms with van der Waals surface area (Å²) in [6, 6.07) is 6.25. The highest BCUT2D eigenvalue weighted by Gasteiger charge is 2.13. The van der Waals surface area contributed by atoms with Gasteiger partial charge in [0.15, 0.2) is 5.82 Å². The molecule has 0 spiro atoms. The van der Waals surface area contributed by atoms with Crippen molar-refractivity contribution in [3.8, 4) is 0 Å². The highest BCUT2D eigenvalue weighted by atomic mass is 19.1. The summed E-state index contributed by atoms with van der Waals surface area (Å²) in [4.78, 5) is 7.85. The van der Waals surface area contributed by atoms with E-state index in [0.29, 0.717) is 11.1 Å². The highest BCUT2D eigenvalue weighted by molar-refractivity contribution is 5.27. The molecule has 1 aromatic heterocycles. The molecule has 4 heteroatoms. The van der Waals surface area contributed by atoms with E-state index in [1.807, 2.05) is 0 Å². The van der Waals surface area contributed by atoms with Crippen LogP contribution in [-0.4, -0.2) is 15.1 Å². The van der Waals surface area contributed by atoms with Crippen molar-refractivity contribution in [2.24, 2.45) is 0 Å². The van der Waals surface area contributed by atoms with E-state index in [9.17, 15) is 9.50 Å². The third kappa shape index (κ3) is 2.06. The van der Waals surface area contributed by atoms with Crippen molar-refractivity contribution >= 4 is 0 Å². The Kier molecular flexibility index (Phi) is 2.92. The van der Waals surface area contributed by atoms with Crippen LogP contribution in [0.1, 0.15) is 23.1 Å². The second-order valence-corrected chi connectivity index (χ2v) is 3.52. The Labute approximate surface area is 92.6 Å². The van der Waals surface area contributed by atoms with Crippen molar-refractivity contribution in [2.45, 2.75) is 13.0 Å². The van der Waals surface area contributed by atoms with Crippen LogP contribution in [0.2, 0.25) is 0 Å². The fourth-order valence-corrected chi connectivity index (χ4v) is 1.38. The van der Waals surface area contributed by atoms with Crippen LogP contribution in [0.3, 0.4) is 0 Å². The maximum absolute atomic E-state index is 13.3. The van der Waals surface area contributed by atoms with E-state index in [1.54, 1.807) is 25.1 Å². The van der Waals surface area contributed by atoms with Gasteiger partial charge in [-0.2, -0.15) is 0 Å². The van der Waals surface area contributed by atoms with Crippen LogP contribution in [0, 0.1) is 12.7 Å². The first kappa shape index (κ1) is 10.7. The molecule has 0 aliphatic heterocycles. The normalized spacial score (nSPS) is 12.4. The van der Waals surface area contributed by atoms with E-state index >= 15 is 0 Å². The second-order valence-electron chi connectivity index (χ2n) is 3.52. The Hall–Kier alpha value is -1.81. The van der Waals surface area contributed by atoms with Gasteiger partial charge in [-0.3, -0.25) is 0 Å². The molecule has 0 amide bonds. The third-order valence-corrected chi connectivity index (χ3v) is 2.34. The summed E-state index contributed by atoms with van der Waals surface area (Å²) in [7, 11) is 0. The lowest BCUT2D eigenvalue weighted by molar-refractivity contribution is 0.209. The van der Waals surface area contributed by atoms with Crippen LogP contribution in [0.25, 0.3) is 0 Å². The average Bonchev–Trinajstić information content (AvgIpc) is 2.33. The van der Waals surface area contributed by atoms with Gasteiger partial charge in [0, 0.05) is 12.4 Å². The van der Waals surface area contributed by atoms with Gasteiger partial charge in [0.05, 0.1) is 0 Å². The van der Waals surface area contributed by atoms with Crippen LogP contribution < -0.4 is 0 Å². The predicted octanol–water partition coefficient (Wildman–Crippen LogP) is 2.01. The first-order valence-electron chi connectivity index (χ1n) is 4.89. The smallest absolute Gasteiger partial charge is 0.161 e. The molecule has 1 heterocycles. The summed E-state index contributed by atoms with van der Waals surface area (Å²) >= 11 is 0. The Morgan fingerprint density at radius 1 is 1.25 bits per heavy atom. The number of hydrogen-bond donors (Lipinski definition) is 1. The first-order chi connectivity index (χ1) is 7.68. The van der Waals surface area contributed by atoms with Crippen molar-refractivity contribution in [1.82, 2.24) is 9.97 Å². The quantitative estimate of drug-likeness (QED) is 0.838. The molecule has 1 atom stereocenters. The molecule has 0 aliphatic rings. The summed E-state index contributed by atoms with van der Waals surface area (Å²) in [5, 5.41) is 9.92. The standard InChI is InChI=1S/C12H11FN2O/c1-8-3-4-9(7-10(8)13)11(16)12-14-5-2-6-15-12/h2-7,11,16H,1H3. The molecule has 0 saturated heterocycles. The fraction of sp³-hybridized carbons (Fsp3) is 0.167. The number of halogens is 1. The van der Waals surface area contributed by atoms with Crippen molar-refractivity contribution in [3.05, 3.63) is 59.4 Å². The molecular formula is C12H11FN2O. The third-order valence-electron chi connectivity index (χ3n) is 2.34. The van der Waals surface area contributed by atoms with Gasteiger partial charge in [-0.15, -0.1) is 0 Å². The molecule has 16 heavy (non-hydrogen) atoms. The Morgan fingerprint density at radius 2 is 1.94 bits per heavy atom. The molecule has 0 aliphatic carbocycles. The molecule has 1 aromatic carbocycles. The SMILES string of the molecule is Cc1ccc(C(O)c2ncccn2)cc1F. The number of benzene rings is 1. The Bertz CT molecular complexity index is 488. The highest BCUT2D eigenvalue weighted by Crippen LogP contribution is 2.20. The minimum atomic E-state index is -0.990. The van der Waals surface area contributed by atoms with Crippen molar-refractivity contribution in [2.75, 3.05) is 0 Å². The Balaban J connectivity index is 2.34. The largest absolute Gasteiger partial charge is 0.380 e. The molecule has 0 bridgehead atoms. The molecule has 3 nitrogen and oxygen atoms in total. The number of aliphatic hydroxyl groups is 1. The summed E-state index contributed by atoms with van der Waals surface area (Å²) in [6.45, 7) is 1.67. The van der Waals surface area contributed by atoms with E-state index in [-0.39, 0.29) is 11.6 Å². The molecular weight excluding hydrogens is 207 g/mol. The van der Waals surface area contributed by atoms with Crippen molar-refractivity contribution in [1.29, 1.82) is 0 Å². The molecule has 2 aromatic rings. The monoisotopic (exact) mass is 218 g/mol. The van der Waals surface area contributed by atoms with E-state index < -0.39 is 6.10 Å². The molecule has 82 valence electrons. The zero-order valence-corrected chi connectivity index (χ0v) is 8.76. The molecule has 1 N–H and O–H groups in total. The van der Waals surface area contributed by atoms with E-state index in [4.69, 9.17) is 0 Å². The number of rotatable bonds is 2. The van der Waals surface area contributed by atoms with Crippen molar-refractivity contribution in [3.63, 3.8) is 0 Å². The number of hydrogen-bond acceptors (Lipinski definition) is 3. The van der Waals surface area contributed by atoms with Gasteiger partial charge in [-0.05, 0) is 30.2 Å². The number of aryl methyl sites for hydroxylation is 1. The first-order valence-corrected chi connectivity index (χ1v) is 4.89. The average molecular weight is 218 g/mol. The number of aromatic nitrogens is 2. The number of aliphatic hydroxyl groups excluding tert-OH is 1. The molecule has 2 rings (SSSR count). The van der Waals surface area contributed by atoms with Gasteiger partial charge >= 0.3 is 0 Å². The zero-order chi connectivity index (χ0) is 11.5. The van der Waals surface area contributed by atoms with Crippen molar-refractivity contribution < 1.29 is 9.50 Å². The Morgan fingerprint density at radius 3 is 2.56 bits per heavy atom.